The van der Waals surface area contributed by atoms with Crippen molar-refractivity contribution in [3.8, 4) is 0 Å². The van der Waals surface area contributed by atoms with Crippen LogP contribution in [0.2, 0.25) is 0 Å². The molecule has 6 nitrogen and oxygen atoms in total. The second-order valence-electron chi connectivity index (χ2n) is 5.13. The van der Waals surface area contributed by atoms with Gasteiger partial charge >= 0.3 is 0 Å². The number of carbonyl (C=O) groups excluding carboxylic acids is 2. The van der Waals surface area contributed by atoms with Crippen LogP contribution in [0.5, 0.6) is 0 Å². The zero-order chi connectivity index (χ0) is 16.2. The molecule has 7 heteroatoms. The smallest absolute Gasteiger partial charge is 0.245 e. The number of nitrogens with zero attached hydrogens (tertiary/aromatic N) is 2. The number of hydrogen-bond donors (Lipinski definition) is 1. The molecular weight excluding hydrogens is 301 g/mol. The summed E-state index contributed by atoms with van der Waals surface area (Å²) in [5.74, 6) is -0.874. The van der Waals surface area contributed by atoms with Crippen molar-refractivity contribution in [3.05, 3.63) is 54.2 Å². The number of hydrazone groups is 1. The van der Waals surface area contributed by atoms with E-state index in [9.17, 15) is 14.0 Å². The number of nitrogens with one attached hydrogen (secondary N) is 1. The average molecular weight is 315 g/mol. The Morgan fingerprint density at radius 2 is 2.13 bits per heavy atom. The Bertz CT molecular complexity index is 726. The molecule has 2 amide bonds. The molecule has 2 aromatic rings. The maximum Gasteiger partial charge on any atom is 0.245 e. The third kappa shape index (κ3) is 3.45. The van der Waals surface area contributed by atoms with Crippen molar-refractivity contribution in [3.63, 3.8) is 0 Å². The Morgan fingerprint density at radius 1 is 1.35 bits per heavy atom. The number of amides is 2. The molecule has 3 rings (SSSR count). The van der Waals surface area contributed by atoms with Crippen molar-refractivity contribution in [2.45, 2.75) is 6.42 Å². The summed E-state index contributed by atoms with van der Waals surface area (Å²) >= 11 is 0. The van der Waals surface area contributed by atoms with Gasteiger partial charge in [0.2, 0.25) is 11.8 Å². The minimum atomic E-state index is -0.499. The van der Waals surface area contributed by atoms with Gasteiger partial charge in [0.05, 0.1) is 18.4 Å². The van der Waals surface area contributed by atoms with Gasteiger partial charge < -0.3 is 9.32 Å². The summed E-state index contributed by atoms with van der Waals surface area (Å²) in [5.41, 5.74) is 2.97. The third-order valence-corrected chi connectivity index (χ3v) is 3.54. The zero-order valence-electron chi connectivity index (χ0n) is 12.1. The van der Waals surface area contributed by atoms with E-state index in [0.29, 0.717) is 11.4 Å². The van der Waals surface area contributed by atoms with Gasteiger partial charge in [0.25, 0.3) is 0 Å². The molecular formula is C16H14FN3O3. The first-order chi connectivity index (χ1) is 11.1. The van der Waals surface area contributed by atoms with Crippen LogP contribution in [-0.2, 0) is 9.59 Å². The lowest BCUT2D eigenvalue weighted by Gasteiger charge is -2.16. The van der Waals surface area contributed by atoms with E-state index in [1.165, 1.54) is 41.6 Å². The van der Waals surface area contributed by atoms with E-state index in [0.717, 1.165) is 0 Å². The number of halogens is 1. The molecule has 1 fully saturated rings. The van der Waals surface area contributed by atoms with Crippen LogP contribution >= 0.6 is 0 Å². The van der Waals surface area contributed by atoms with Crippen LogP contribution in [0.3, 0.4) is 0 Å². The Hall–Kier alpha value is -2.96. The maximum absolute atomic E-state index is 12.9. The predicted octanol–water partition coefficient (Wildman–Crippen LogP) is 1.92. The SMILES string of the molecule is O=C(N/N=C\c1ccco1)[C@H]1CC(=O)N(c2ccc(F)cc2)C1. The molecule has 1 aromatic carbocycles. The molecule has 1 aliphatic rings. The second kappa shape index (κ2) is 6.43. The summed E-state index contributed by atoms with van der Waals surface area (Å²) in [6, 6.07) is 9.00. The quantitative estimate of drug-likeness (QED) is 0.692. The molecule has 0 bridgehead atoms. The largest absolute Gasteiger partial charge is 0.463 e. The highest BCUT2D eigenvalue weighted by Crippen LogP contribution is 2.25. The first-order valence-corrected chi connectivity index (χ1v) is 7.06. The Morgan fingerprint density at radius 3 is 2.83 bits per heavy atom. The molecule has 1 aromatic heterocycles. The van der Waals surface area contributed by atoms with Gasteiger partial charge in [-0.05, 0) is 36.4 Å². The lowest BCUT2D eigenvalue weighted by Crippen LogP contribution is -2.30. The van der Waals surface area contributed by atoms with Gasteiger partial charge in [0, 0.05) is 18.7 Å². The Labute approximate surface area is 131 Å². The van der Waals surface area contributed by atoms with Crippen molar-refractivity contribution in [2.24, 2.45) is 11.0 Å². The number of anilines is 1. The molecule has 1 saturated heterocycles. The van der Waals surface area contributed by atoms with Crippen LogP contribution in [0.15, 0.2) is 52.2 Å². The summed E-state index contributed by atoms with van der Waals surface area (Å²) in [6.45, 7) is 0.243. The number of furan rings is 1. The minimum Gasteiger partial charge on any atom is -0.463 e. The lowest BCUT2D eigenvalue weighted by molar-refractivity contribution is -0.126. The van der Waals surface area contributed by atoms with Gasteiger partial charge in [-0.1, -0.05) is 0 Å². The molecule has 0 aliphatic carbocycles. The zero-order valence-corrected chi connectivity index (χ0v) is 12.1. The van der Waals surface area contributed by atoms with Crippen LogP contribution in [0.25, 0.3) is 0 Å². The minimum absolute atomic E-state index is 0.0967. The average Bonchev–Trinajstić information content (AvgIpc) is 3.18. The van der Waals surface area contributed by atoms with Crippen molar-refractivity contribution >= 4 is 23.7 Å². The van der Waals surface area contributed by atoms with E-state index in [4.69, 9.17) is 4.42 Å². The summed E-state index contributed by atoms with van der Waals surface area (Å²) in [6.07, 6.45) is 2.98. The molecule has 0 radical (unpaired) electrons. The molecule has 23 heavy (non-hydrogen) atoms. The summed E-state index contributed by atoms with van der Waals surface area (Å²) in [5, 5.41) is 3.80. The molecule has 1 atom stereocenters. The fraction of sp³-hybridized carbons (Fsp3) is 0.188. The highest BCUT2D eigenvalue weighted by molar-refractivity contribution is 6.00. The van der Waals surface area contributed by atoms with E-state index in [1.54, 1.807) is 12.1 Å². The van der Waals surface area contributed by atoms with Crippen molar-refractivity contribution in [2.75, 3.05) is 11.4 Å². The van der Waals surface area contributed by atoms with Crippen molar-refractivity contribution in [1.82, 2.24) is 5.43 Å². The fourth-order valence-electron chi connectivity index (χ4n) is 2.37. The number of carbonyl (C=O) groups is 2. The lowest BCUT2D eigenvalue weighted by atomic mass is 10.1. The van der Waals surface area contributed by atoms with Gasteiger partial charge in [-0.2, -0.15) is 5.10 Å². The fourth-order valence-corrected chi connectivity index (χ4v) is 2.37. The normalized spacial score (nSPS) is 17.9. The number of hydrogen-bond acceptors (Lipinski definition) is 4. The third-order valence-electron chi connectivity index (χ3n) is 3.54. The van der Waals surface area contributed by atoms with Gasteiger partial charge in [0.15, 0.2) is 0 Å². The molecule has 118 valence electrons. The molecule has 1 N–H and O–H groups in total. The maximum atomic E-state index is 12.9. The Balaban J connectivity index is 1.60. The van der Waals surface area contributed by atoms with E-state index in [2.05, 4.69) is 10.5 Å². The second-order valence-corrected chi connectivity index (χ2v) is 5.13. The van der Waals surface area contributed by atoms with Gasteiger partial charge in [-0.15, -0.1) is 0 Å². The van der Waals surface area contributed by atoms with Gasteiger partial charge in [0.1, 0.15) is 11.6 Å². The first-order valence-electron chi connectivity index (χ1n) is 7.06. The van der Waals surface area contributed by atoms with Crippen molar-refractivity contribution < 1.29 is 18.4 Å². The monoisotopic (exact) mass is 315 g/mol. The molecule has 0 unspecified atom stereocenters. The number of benzene rings is 1. The first kappa shape index (κ1) is 15.0. The van der Waals surface area contributed by atoms with Crippen LogP contribution in [0, 0.1) is 11.7 Å². The molecule has 0 saturated carbocycles. The van der Waals surface area contributed by atoms with Crippen LogP contribution < -0.4 is 10.3 Å². The van der Waals surface area contributed by atoms with Crippen LogP contribution in [0.4, 0.5) is 10.1 Å². The summed E-state index contributed by atoms with van der Waals surface area (Å²) in [7, 11) is 0. The predicted molar refractivity (Wildman–Crippen MR) is 81.3 cm³/mol. The van der Waals surface area contributed by atoms with E-state index in [1.807, 2.05) is 0 Å². The van der Waals surface area contributed by atoms with E-state index >= 15 is 0 Å². The van der Waals surface area contributed by atoms with E-state index < -0.39 is 5.92 Å². The number of rotatable bonds is 4. The van der Waals surface area contributed by atoms with Crippen molar-refractivity contribution in [1.29, 1.82) is 0 Å². The summed E-state index contributed by atoms with van der Waals surface area (Å²) < 4.78 is 18.0. The van der Waals surface area contributed by atoms with Gasteiger partial charge in [-0.25, -0.2) is 9.82 Å². The topological polar surface area (TPSA) is 74.9 Å². The highest BCUT2D eigenvalue weighted by Gasteiger charge is 2.35. The highest BCUT2D eigenvalue weighted by atomic mass is 19.1. The van der Waals surface area contributed by atoms with E-state index in [-0.39, 0.29) is 30.6 Å². The van der Waals surface area contributed by atoms with Crippen LogP contribution in [-0.4, -0.2) is 24.6 Å². The standard InChI is InChI=1S/C16H14FN3O3/c17-12-3-5-13(6-4-12)20-10-11(8-15(20)21)16(22)19-18-9-14-2-1-7-23-14/h1-7,9,11H,8,10H2,(H,19,22)/b18-9-/t11-/m0/s1. The summed E-state index contributed by atoms with van der Waals surface area (Å²) in [4.78, 5) is 25.6. The molecule has 2 heterocycles. The van der Waals surface area contributed by atoms with Crippen LogP contribution in [0.1, 0.15) is 12.2 Å². The molecule has 1 aliphatic heterocycles. The van der Waals surface area contributed by atoms with Gasteiger partial charge in [-0.3, -0.25) is 9.59 Å². The molecule has 0 spiro atoms. The Kier molecular flexibility index (Phi) is 4.18.